The second kappa shape index (κ2) is 6.43. The Morgan fingerprint density at radius 3 is 2.45 bits per heavy atom. The van der Waals surface area contributed by atoms with Gasteiger partial charge >= 0.3 is 12.0 Å². The number of carboxylic acid groups (broad SMARTS) is 1. The van der Waals surface area contributed by atoms with E-state index < -0.39 is 11.4 Å². The third-order valence-corrected chi connectivity index (χ3v) is 4.36. The van der Waals surface area contributed by atoms with Gasteiger partial charge in [-0.05, 0) is 38.6 Å². The van der Waals surface area contributed by atoms with Crippen LogP contribution in [0.15, 0.2) is 0 Å². The van der Waals surface area contributed by atoms with E-state index in [0.717, 1.165) is 38.9 Å². The van der Waals surface area contributed by atoms with Gasteiger partial charge in [-0.3, -0.25) is 4.79 Å². The molecular weight excluding hydrogens is 258 g/mol. The summed E-state index contributed by atoms with van der Waals surface area (Å²) in [6, 6.07) is -0.0189. The lowest BCUT2D eigenvalue weighted by Crippen LogP contribution is -2.49. The number of nitrogens with one attached hydrogen (secondary N) is 2. The zero-order chi connectivity index (χ0) is 14.6. The Morgan fingerprint density at radius 2 is 1.95 bits per heavy atom. The van der Waals surface area contributed by atoms with Crippen molar-refractivity contribution in [1.29, 1.82) is 0 Å². The first-order valence-corrected chi connectivity index (χ1v) is 7.56. The summed E-state index contributed by atoms with van der Waals surface area (Å²) in [6.07, 6.45) is 4.43. The van der Waals surface area contributed by atoms with Crippen molar-refractivity contribution in [2.24, 2.45) is 5.41 Å². The van der Waals surface area contributed by atoms with Crippen LogP contribution in [0.2, 0.25) is 0 Å². The fourth-order valence-electron chi connectivity index (χ4n) is 2.72. The lowest BCUT2D eigenvalue weighted by atomic mass is 10.1. The van der Waals surface area contributed by atoms with E-state index >= 15 is 0 Å². The molecule has 0 spiro atoms. The van der Waals surface area contributed by atoms with Gasteiger partial charge in [0.05, 0.1) is 5.41 Å². The molecule has 0 aromatic rings. The molecule has 1 saturated heterocycles. The van der Waals surface area contributed by atoms with Gasteiger partial charge in [0.1, 0.15) is 0 Å². The van der Waals surface area contributed by atoms with Crippen molar-refractivity contribution in [2.45, 2.75) is 45.1 Å². The van der Waals surface area contributed by atoms with Crippen molar-refractivity contribution >= 4 is 12.0 Å². The number of hydrogen-bond donors (Lipinski definition) is 3. The van der Waals surface area contributed by atoms with E-state index in [9.17, 15) is 9.59 Å². The van der Waals surface area contributed by atoms with Crippen molar-refractivity contribution in [3.8, 4) is 0 Å². The highest BCUT2D eigenvalue weighted by atomic mass is 16.4. The molecule has 2 rings (SSSR count). The third kappa shape index (κ3) is 3.85. The molecule has 2 fully saturated rings. The van der Waals surface area contributed by atoms with Crippen LogP contribution in [-0.2, 0) is 4.79 Å². The molecule has 6 nitrogen and oxygen atoms in total. The molecule has 114 valence electrons. The molecular formula is C14H25N3O3. The fraction of sp³-hybridized carbons (Fsp3) is 0.857. The zero-order valence-electron chi connectivity index (χ0n) is 12.2. The second-order valence-electron chi connectivity index (χ2n) is 6.03. The summed E-state index contributed by atoms with van der Waals surface area (Å²) in [5.41, 5.74) is -0.693. The SMILES string of the molecule is CCCN1CCC(NC(=O)NCC2(C(=O)O)CC2)CC1. The van der Waals surface area contributed by atoms with Gasteiger partial charge in [0.25, 0.3) is 0 Å². The minimum absolute atomic E-state index is 0.211. The number of nitrogens with zero attached hydrogens (tertiary/aromatic N) is 1. The molecule has 1 saturated carbocycles. The van der Waals surface area contributed by atoms with Crippen molar-refractivity contribution in [3.05, 3.63) is 0 Å². The zero-order valence-corrected chi connectivity index (χ0v) is 12.2. The highest BCUT2D eigenvalue weighted by molar-refractivity contribution is 5.80. The Hall–Kier alpha value is -1.30. The number of amides is 2. The largest absolute Gasteiger partial charge is 0.481 e. The second-order valence-corrected chi connectivity index (χ2v) is 6.03. The van der Waals surface area contributed by atoms with Crippen LogP contribution in [0.4, 0.5) is 4.79 Å². The molecule has 1 heterocycles. The smallest absolute Gasteiger partial charge is 0.315 e. The first kappa shape index (κ1) is 15.1. The molecule has 0 aromatic heterocycles. The summed E-state index contributed by atoms with van der Waals surface area (Å²) in [4.78, 5) is 25.2. The monoisotopic (exact) mass is 283 g/mol. The Bertz CT molecular complexity index is 361. The highest BCUT2D eigenvalue weighted by Gasteiger charge is 2.50. The summed E-state index contributed by atoms with van der Waals surface area (Å²) in [5, 5.41) is 14.7. The Kier molecular flexibility index (Phi) is 4.86. The van der Waals surface area contributed by atoms with E-state index in [1.54, 1.807) is 0 Å². The average molecular weight is 283 g/mol. The van der Waals surface area contributed by atoms with E-state index in [0.29, 0.717) is 12.8 Å². The molecule has 0 bridgehead atoms. The van der Waals surface area contributed by atoms with E-state index in [1.807, 2.05) is 0 Å². The molecule has 0 unspecified atom stereocenters. The number of rotatable bonds is 6. The Morgan fingerprint density at radius 1 is 1.30 bits per heavy atom. The van der Waals surface area contributed by atoms with Crippen LogP contribution in [0.3, 0.4) is 0 Å². The van der Waals surface area contributed by atoms with E-state index in [1.165, 1.54) is 0 Å². The maximum absolute atomic E-state index is 11.8. The first-order valence-electron chi connectivity index (χ1n) is 7.56. The summed E-state index contributed by atoms with van der Waals surface area (Å²) >= 11 is 0. The van der Waals surface area contributed by atoms with Crippen LogP contribution < -0.4 is 10.6 Å². The van der Waals surface area contributed by atoms with Crippen LogP contribution in [0.1, 0.15) is 39.0 Å². The van der Waals surface area contributed by atoms with Gasteiger partial charge < -0.3 is 20.6 Å². The molecule has 6 heteroatoms. The van der Waals surface area contributed by atoms with Crippen molar-refractivity contribution in [3.63, 3.8) is 0 Å². The normalized spacial score (nSPS) is 22.2. The number of piperidine rings is 1. The number of likely N-dealkylation sites (tertiary alicyclic amines) is 1. The predicted molar refractivity (Wildman–Crippen MR) is 75.6 cm³/mol. The molecule has 0 atom stereocenters. The number of carbonyl (C=O) groups excluding carboxylic acids is 1. The van der Waals surface area contributed by atoms with Gasteiger partial charge in [-0.2, -0.15) is 0 Å². The van der Waals surface area contributed by atoms with E-state index in [-0.39, 0.29) is 18.6 Å². The molecule has 2 amide bonds. The van der Waals surface area contributed by atoms with Gasteiger partial charge in [0, 0.05) is 25.7 Å². The van der Waals surface area contributed by atoms with Gasteiger partial charge in [0.15, 0.2) is 0 Å². The molecule has 1 aliphatic carbocycles. The minimum Gasteiger partial charge on any atom is -0.481 e. The average Bonchev–Trinajstić information content (AvgIpc) is 3.20. The van der Waals surface area contributed by atoms with Crippen LogP contribution in [0, 0.1) is 5.41 Å². The number of aliphatic carboxylic acids is 1. The van der Waals surface area contributed by atoms with Crippen LogP contribution >= 0.6 is 0 Å². The van der Waals surface area contributed by atoms with Gasteiger partial charge in [-0.25, -0.2) is 4.79 Å². The summed E-state index contributed by atoms with van der Waals surface area (Å²) in [5.74, 6) is -0.800. The topological polar surface area (TPSA) is 81.7 Å². The quantitative estimate of drug-likeness (QED) is 0.680. The fourth-order valence-corrected chi connectivity index (χ4v) is 2.72. The molecule has 2 aliphatic rings. The first-order chi connectivity index (χ1) is 9.55. The summed E-state index contributed by atoms with van der Waals surface area (Å²) in [6.45, 7) is 5.59. The summed E-state index contributed by atoms with van der Waals surface area (Å²) < 4.78 is 0. The van der Waals surface area contributed by atoms with Crippen LogP contribution in [0.5, 0.6) is 0 Å². The molecule has 20 heavy (non-hydrogen) atoms. The number of hydrogen-bond acceptors (Lipinski definition) is 3. The predicted octanol–water partition coefficient (Wildman–Crippen LogP) is 1.02. The molecule has 0 aromatic carbocycles. The summed E-state index contributed by atoms with van der Waals surface area (Å²) in [7, 11) is 0. The maximum atomic E-state index is 11.8. The van der Waals surface area contributed by atoms with E-state index in [4.69, 9.17) is 5.11 Å². The van der Waals surface area contributed by atoms with Gasteiger partial charge in [-0.1, -0.05) is 6.92 Å². The number of urea groups is 1. The highest BCUT2D eigenvalue weighted by Crippen LogP contribution is 2.45. The van der Waals surface area contributed by atoms with E-state index in [2.05, 4.69) is 22.5 Å². The van der Waals surface area contributed by atoms with Gasteiger partial charge in [0.2, 0.25) is 0 Å². The molecule has 0 radical (unpaired) electrons. The van der Waals surface area contributed by atoms with Crippen molar-refractivity contribution in [1.82, 2.24) is 15.5 Å². The van der Waals surface area contributed by atoms with Crippen molar-refractivity contribution in [2.75, 3.05) is 26.2 Å². The Labute approximate surface area is 119 Å². The lowest BCUT2D eigenvalue weighted by Gasteiger charge is -2.32. The number of carboxylic acids is 1. The third-order valence-electron chi connectivity index (χ3n) is 4.36. The van der Waals surface area contributed by atoms with Gasteiger partial charge in [-0.15, -0.1) is 0 Å². The minimum atomic E-state index is -0.800. The van der Waals surface area contributed by atoms with Crippen molar-refractivity contribution < 1.29 is 14.7 Å². The molecule has 3 N–H and O–H groups in total. The maximum Gasteiger partial charge on any atom is 0.315 e. The number of carbonyl (C=O) groups is 2. The van der Waals surface area contributed by atoms with Crippen LogP contribution in [0.25, 0.3) is 0 Å². The standard InChI is InChI=1S/C14H25N3O3/c1-2-7-17-8-3-11(4-9-17)16-13(20)15-10-14(5-6-14)12(18)19/h11H,2-10H2,1H3,(H,18,19)(H2,15,16,20). The van der Waals surface area contributed by atoms with Crippen LogP contribution in [-0.4, -0.2) is 54.2 Å². The lowest BCUT2D eigenvalue weighted by molar-refractivity contribution is -0.143. The molecule has 1 aliphatic heterocycles. The Balaban J connectivity index is 1.64.